The minimum Gasteiger partial charge on any atom is -0.497 e. The number of benzene rings is 1. The first-order valence-electron chi connectivity index (χ1n) is 8.32. The molecule has 0 atom stereocenters. The molecule has 0 bridgehead atoms. The van der Waals surface area contributed by atoms with E-state index in [0.717, 1.165) is 24.2 Å². The molecule has 5 nitrogen and oxygen atoms in total. The van der Waals surface area contributed by atoms with E-state index in [9.17, 15) is 9.59 Å². The van der Waals surface area contributed by atoms with Crippen molar-refractivity contribution >= 4 is 11.8 Å². The molecule has 0 aliphatic carbocycles. The summed E-state index contributed by atoms with van der Waals surface area (Å²) in [6.45, 7) is 4.63. The molecule has 2 amide bonds. The van der Waals surface area contributed by atoms with Crippen LogP contribution in [0, 0.1) is 0 Å². The summed E-state index contributed by atoms with van der Waals surface area (Å²) in [6.07, 6.45) is 2.72. The van der Waals surface area contributed by atoms with Crippen molar-refractivity contribution in [2.45, 2.75) is 32.6 Å². The fourth-order valence-corrected chi connectivity index (χ4v) is 2.78. The summed E-state index contributed by atoms with van der Waals surface area (Å²) in [5.41, 5.74) is 1.14. The number of carbonyl (C=O) groups is 2. The van der Waals surface area contributed by atoms with E-state index in [0.29, 0.717) is 39.0 Å². The van der Waals surface area contributed by atoms with Gasteiger partial charge >= 0.3 is 0 Å². The first-order valence-corrected chi connectivity index (χ1v) is 8.32. The third-order valence-corrected chi connectivity index (χ3v) is 4.24. The van der Waals surface area contributed by atoms with Crippen LogP contribution in [0.1, 0.15) is 31.7 Å². The van der Waals surface area contributed by atoms with Gasteiger partial charge < -0.3 is 14.5 Å². The highest BCUT2D eigenvalue weighted by atomic mass is 16.5. The average Bonchev–Trinajstić information content (AvgIpc) is 2.60. The second-order valence-corrected chi connectivity index (χ2v) is 5.86. The van der Waals surface area contributed by atoms with Crippen molar-refractivity contribution in [1.82, 2.24) is 9.80 Å². The highest BCUT2D eigenvalue weighted by Gasteiger charge is 2.23. The summed E-state index contributed by atoms with van der Waals surface area (Å²) in [5, 5.41) is 0. The molecule has 5 heteroatoms. The van der Waals surface area contributed by atoms with Crippen molar-refractivity contribution in [3.63, 3.8) is 0 Å². The van der Waals surface area contributed by atoms with Crippen molar-refractivity contribution in [2.75, 3.05) is 33.3 Å². The Hall–Kier alpha value is -2.04. The molecule has 1 saturated heterocycles. The maximum Gasteiger partial charge on any atom is 0.223 e. The second kappa shape index (κ2) is 8.56. The Kier molecular flexibility index (Phi) is 6.44. The van der Waals surface area contributed by atoms with Crippen LogP contribution in [0.15, 0.2) is 24.3 Å². The monoisotopic (exact) mass is 318 g/mol. The molecule has 1 aliphatic heterocycles. The SMILES string of the molecule is CCCC(=O)N1CCN(C(=O)CCc2ccc(OC)cc2)CC1. The molecule has 0 unspecified atom stereocenters. The second-order valence-electron chi connectivity index (χ2n) is 5.86. The number of amides is 2. The Labute approximate surface area is 138 Å². The van der Waals surface area contributed by atoms with Crippen LogP contribution < -0.4 is 4.74 Å². The van der Waals surface area contributed by atoms with E-state index in [1.54, 1.807) is 7.11 Å². The Bertz CT molecular complexity index is 520. The minimum absolute atomic E-state index is 0.170. The maximum absolute atomic E-state index is 12.3. The zero-order chi connectivity index (χ0) is 16.7. The van der Waals surface area contributed by atoms with Crippen molar-refractivity contribution in [1.29, 1.82) is 0 Å². The molecule has 126 valence electrons. The molecule has 1 heterocycles. The summed E-state index contributed by atoms with van der Waals surface area (Å²) in [7, 11) is 1.64. The lowest BCUT2D eigenvalue weighted by atomic mass is 10.1. The van der Waals surface area contributed by atoms with Gasteiger partial charge in [0.05, 0.1) is 7.11 Å². The van der Waals surface area contributed by atoms with E-state index in [2.05, 4.69) is 0 Å². The number of hydrogen-bond acceptors (Lipinski definition) is 3. The predicted molar refractivity (Wildman–Crippen MR) is 89.4 cm³/mol. The van der Waals surface area contributed by atoms with Crippen molar-refractivity contribution in [3.8, 4) is 5.75 Å². The van der Waals surface area contributed by atoms with Crippen LogP contribution in [-0.2, 0) is 16.0 Å². The highest BCUT2D eigenvalue weighted by molar-refractivity contribution is 5.78. The lowest BCUT2D eigenvalue weighted by Gasteiger charge is -2.35. The van der Waals surface area contributed by atoms with Crippen LogP contribution >= 0.6 is 0 Å². The molecule has 1 fully saturated rings. The summed E-state index contributed by atoms with van der Waals surface area (Å²) in [5.74, 6) is 1.20. The van der Waals surface area contributed by atoms with Crippen LogP contribution in [0.2, 0.25) is 0 Å². The Morgan fingerprint density at radius 3 is 1.96 bits per heavy atom. The number of aryl methyl sites for hydroxylation is 1. The van der Waals surface area contributed by atoms with Gasteiger partial charge in [0.15, 0.2) is 0 Å². The lowest BCUT2D eigenvalue weighted by molar-refractivity contribution is -0.139. The first-order chi connectivity index (χ1) is 11.1. The molecule has 23 heavy (non-hydrogen) atoms. The normalized spacial score (nSPS) is 14.7. The van der Waals surface area contributed by atoms with Crippen molar-refractivity contribution < 1.29 is 14.3 Å². The summed E-state index contributed by atoms with van der Waals surface area (Å²) in [4.78, 5) is 27.9. The number of ether oxygens (including phenoxy) is 1. The van der Waals surface area contributed by atoms with E-state index in [1.807, 2.05) is 41.0 Å². The topological polar surface area (TPSA) is 49.9 Å². The molecule has 1 aromatic rings. The maximum atomic E-state index is 12.3. The quantitative estimate of drug-likeness (QED) is 0.807. The summed E-state index contributed by atoms with van der Waals surface area (Å²) in [6, 6.07) is 7.82. The van der Waals surface area contributed by atoms with E-state index >= 15 is 0 Å². The molecule has 1 aromatic carbocycles. The zero-order valence-corrected chi connectivity index (χ0v) is 14.1. The molecular formula is C18H26N2O3. The van der Waals surface area contributed by atoms with Gasteiger partial charge in [0.25, 0.3) is 0 Å². The number of carbonyl (C=O) groups excluding carboxylic acids is 2. The Morgan fingerprint density at radius 2 is 1.48 bits per heavy atom. The summed E-state index contributed by atoms with van der Waals surface area (Å²) >= 11 is 0. The number of nitrogens with zero attached hydrogens (tertiary/aromatic N) is 2. The summed E-state index contributed by atoms with van der Waals surface area (Å²) < 4.78 is 5.13. The fourth-order valence-electron chi connectivity index (χ4n) is 2.78. The van der Waals surface area contributed by atoms with E-state index < -0.39 is 0 Å². The van der Waals surface area contributed by atoms with Gasteiger partial charge in [-0.05, 0) is 30.5 Å². The highest BCUT2D eigenvalue weighted by Crippen LogP contribution is 2.14. The van der Waals surface area contributed by atoms with Gasteiger partial charge in [0.1, 0.15) is 5.75 Å². The van der Waals surface area contributed by atoms with Crippen LogP contribution in [0.4, 0.5) is 0 Å². The number of methoxy groups -OCH3 is 1. The standard InChI is InChI=1S/C18H26N2O3/c1-3-4-17(21)19-11-13-20(14-12-19)18(22)10-7-15-5-8-16(23-2)9-6-15/h5-6,8-9H,3-4,7,10-14H2,1-2H3. The van der Waals surface area contributed by atoms with Crippen LogP contribution in [-0.4, -0.2) is 54.9 Å². The molecule has 0 N–H and O–H groups in total. The average molecular weight is 318 g/mol. The van der Waals surface area contributed by atoms with Crippen LogP contribution in [0.3, 0.4) is 0 Å². The number of piperazine rings is 1. The number of rotatable bonds is 6. The fraction of sp³-hybridized carbons (Fsp3) is 0.556. The van der Waals surface area contributed by atoms with Crippen molar-refractivity contribution in [3.05, 3.63) is 29.8 Å². The van der Waals surface area contributed by atoms with Gasteiger partial charge in [-0.1, -0.05) is 19.1 Å². The van der Waals surface area contributed by atoms with Crippen LogP contribution in [0.25, 0.3) is 0 Å². The van der Waals surface area contributed by atoms with Gasteiger partial charge in [-0.2, -0.15) is 0 Å². The molecular weight excluding hydrogens is 292 g/mol. The third-order valence-electron chi connectivity index (χ3n) is 4.24. The molecule has 1 aliphatic rings. The minimum atomic E-state index is 0.170. The van der Waals surface area contributed by atoms with Gasteiger partial charge in [-0.15, -0.1) is 0 Å². The molecule has 0 spiro atoms. The molecule has 0 aromatic heterocycles. The van der Waals surface area contributed by atoms with Crippen molar-refractivity contribution in [2.24, 2.45) is 0 Å². The van der Waals surface area contributed by atoms with E-state index in [-0.39, 0.29) is 11.8 Å². The first kappa shape index (κ1) is 17.3. The van der Waals surface area contributed by atoms with Gasteiger partial charge in [0.2, 0.25) is 11.8 Å². The predicted octanol–water partition coefficient (Wildman–Crippen LogP) is 2.10. The smallest absolute Gasteiger partial charge is 0.223 e. The molecule has 0 saturated carbocycles. The van der Waals surface area contributed by atoms with Gasteiger partial charge in [-0.3, -0.25) is 9.59 Å². The largest absolute Gasteiger partial charge is 0.497 e. The molecule has 2 rings (SSSR count). The Balaban J connectivity index is 1.75. The van der Waals surface area contributed by atoms with Crippen LogP contribution in [0.5, 0.6) is 5.75 Å². The van der Waals surface area contributed by atoms with E-state index in [4.69, 9.17) is 4.74 Å². The van der Waals surface area contributed by atoms with E-state index in [1.165, 1.54) is 0 Å². The van der Waals surface area contributed by atoms with Gasteiger partial charge in [0, 0.05) is 39.0 Å². The zero-order valence-electron chi connectivity index (χ0n) is 14.1. The lowest BCUT2D eigenvalue weighted by Crippen LogP contribution is -2.50. The van der Waals surface area contributed by atoms with Gasteiger partial charge in [-0.25, -0.2) is 0 Å². The third kappa shape index (κ3) is 4.98. The Morgan fingerprint density at radius 1 is 0.957 bits per heavy atom. The number of hydrogen-bond donors (Lipinski definition) is 0. The molecule has 0 radical (unpaired) electrons.